The predicted octanol–water partition coefficient (Wildman–Crippen LogP) is 0.921. The van der Waals surface area contributed by atoms with Gasteiger partial charge in [-0.3, -0.25) is 9.69 Å². The van der Waals surface area contributed by atoms with Gasteiger partial charge in [0, 0.05) is 39.3 Å². The van der Waals surface area contributed by atoms with Gasteiger partial charge in [0.05, 0.1) is 6.54 Å². The molecule has 0 aromatic carbocycles. The summed E-state index contributed by atoms with van der Waals surface area (Å²) in [4.78, 5) is 15.8. The van der Waals surface area contributed by atoms with Gasteiger partial charge < -0.3 is 4.90 Å². The van der Waals surface area contributed by atoms with E-state index in [2.05, 4.69) is 0 Å². The number of carbonyl (C=O) groups excluding carboxylic acids is 1. The molecule has 6 nitrogen and oxygen atoms in total. The second-order valence-electron chi connectivity index (χ2n) is 5.71. The maximum Gasteiger partial charge on any atom is 0.252 e. The second kappa shape index (κ2) is 7.08. The minimum Gasteiger partial charge on any atom is -0.342 e. The third-order valence-electron chi connectivity index (χ3n) is 3.95. The summed E-state index contributed by atoms with van der Waals surface area (Å²) in [5.41, 5.74) is 0. The lowest BCUT2D eigenvalue weighted by Gasteiger charge is -2.34. The van der Waals surface area contributed by atoms with Crippen molar-refractivity contribution in [2.75, 3.05) is 39.8 Å². The molecule has 0 N–H and O–H groups in total. The van der Waals surface area contributed by atoms with Crippen LogP contribution in [0.5, 0.6) is 0 Å². The summed E-state index contributed by atoms with van der Waals surface area (Å²) in [5.74, 6) is 0.0737. The van der Waals surface area contributed by atoms with Crippen LogP contribution in [0.15, 0.2) is 21.7 Å². The van der Waals surface area contributed by atoms with E-state index in [0.29, 0.717) is 36.9 Å². The fourth-order valence-corrected chi connectivity index (χ4v) is 4.82. The number of likely N-dealkylation sites (N-methyl/N-ethyl adjacent to an activating group) is 1. The smallest absolute Gasteiger partial charge is 0.252 e. The van der Waals surface area contributed by atoms with Crippen LogP contribution in [0.4, 0.5) is 0 Å². The summed E-state index contributed by atoms with van der Waals surface area (Å²) in [6, 6.07) is 3.55. The van der Waals surface area contributed by atoms with Crippen molar-refractivity contribution < 1.29 is 13.2 Å². The lowest BCUT2D eigenvalue weighted by Crippen LogP contribution is -2.51. The van der Waals surface area contributed by atoms with Crippen molar-refractivity contribution in [1.82, 2.24) is 14.1 Å². The lowest BCUT2D eigenvalue weighted by molar-refractivity contribution is -0.132. The third kappa shape index (κ3) is 3.87. The SMILES string of the molecule is CC(C)N(C)C(=O)CN1CCN(S(=O)(=O)c2cccs2)CC1. The van der Waals surface area contributed by atoms with Gasteiger partial charge in [-0.2, -0.15) is 4.31 Å². The van der Waals surface area contributed by atoms with Crippen LogP contribution in [-0.4, -0.2) is 74.2 Å². The molecule has 1 aliphatic heterocycles. The molecule has 22 heavy (non-hydrogen) atoms. The number of amides is 1. The molecule has 0 aliphatic carbocycles. The van der Waals surface area contributed by atoms with Gasteiger partial charge >= 0.3 is 0 Å². The molecule has 0 unspecified atom stereocenters. The van der Waals surface area contributed by atoms with Crippen molar-refractivity contribution in [3.8, 4) is 0 Å². The molecule has 1 saturated heterocycles. The van der Waals surface area contributed by atoms with E-state index in [1.807, 2.05) is 18.7 Å². The number of nitrogens with zero attached hydrogens (tertiary/aromatic N) is 3. The quantitative estimate of drug-likeness (QED) is 0.796. The van der Waals surface area contributed by atoms with E-state index in [1.54, 1.807) is 29.5 Å². The minimum absolute atomic E-state index is 0.0737. The summed E-state index contributed by atoms with van der Waals surface area (Å²) < 4.78 is 26.7. The molecule has 2 rings (SSSR count). The molecule has 1 aliphatic rings. The molecule has 2 heterocycles. The number of hydrogen-bond acceptors (Lipinski definition) is 5. The van der Waals surface area contributed by atoms with Crippen molar-refractivity contribution in [1.29, 1.82) is 0 Å². The van der Waals surface area contributed by atoms with Crippen LogP contribution in [0, 0.1) is 0 Å². The fourth-order valence-electron chi connectivity index (χ4n) is 2.26. The molecular formula is C14H23N3O3S2. The number of piperazine rings is 1. The molecular weight excluding hydrogens is 322 g/mol. The van der Waals surface area contributed by atoms with Crippen LogP contribution in [0.3, 0.4) is 0 Å². The zero-order valence-electron chi connectivity index (χ0n) is 13.2. The van der Waals surface area contributed by atoms with Gasteiger partial charge in [0.1, 0.15) is 4.21 Å². The molecule has 0 saturated carbocycles. The summed E-state index contributed by atoms with van der Waals surface area (Å²) in [6.07, 6.45) is 0. The minimum atomic E-state index is -3.37. The van der Waals surface area contributed by atoms with Gasteiger partial charge in [0.15, 0.2) is 0 Å². The number of thiophene rings is 1. The van der Waals surface area contributed by atoms with Gasteiger partial charge in [-0.05, 0) is 25.3 Å². The molecule has 1 fully saturated rings. The lowest BCUT2D eigenvalue weighted by atomic mass is 10.3. The Kier molecular flexibility index (Phi) is 5.60. The van der Waals surface area contributed by atoms with Crippen LogP contribution in [0.25, 0.3) is 0 Å². The number of carbonyl (C=O) groups is 1. The van der Waals surface area contributed by atoms with Crippen molar-refractivity contribution in [3.05, 3.63) is 17.5 Å². The first-order valence-corrected chi connectivity index (χ1v) is 9.66. The first-order valence-electron chi connectivity index (χ1n) is 7.34. The summed E-state index contributed by atoms with van der Waals surface area (Å²) in [6.45, 7) is 6.33. The van der Waals surface area contributed by atoms with Crippen LogP contribution >= 0.6 is 11.3 Å². The topological polar surface area (TPSA) is 60.9 Å². The molecule has 1 aromatic rings. The molecule has 8 heteroatoms. The average molecular weight is 345 g/mol. The summed E-state index contributed by atoms with van der Waals surface area (Å²) in [7, 11) is -1.57. The molecule has 0 radical (unpaired) electrons. The van der Waals surface area contributed by atoms with Crippen molar-refractivity contribution in [2.24, 2.45) is 0 Å². The summed E-state index contributed by atoms with van der Waals surface area (Å²) in [5, 5.41) is 1.77. The zero-order valence-corrected chi connectivity index (χ0v) is 14.9. The maximum atomic E-state index is 12.4. The molecule has 0 spiro atoms. The summed E-state index contributed by atoms with van der Waals surface area (Å²) >= 11 is 1.24. The van der Waals surface area contributed by atoms with Crippen LogP contribution in [0.2, 0.25) is 0 Å². The molecule has 124 valence electrons. The largest absolute Gasteiger partial charge is 0.342 e. The van der Waals surface area contributed by atoms with Crippen LogP contribution in [0.1, 0.15) is 13.8 Å². The van der Waals surface area contributed by atoms with E-state index >= 15 is 0 Å². The van der Waals surface area contributed by atoms with E-state index in [-0.39, 0.29) is 11.9 Å². The Bertz CT molecular complexity index is 591. The van der Waals surface area contributed by atoms with E-state index in [0.717, 1.165) is 0 Å². The van der Waals surface area contributed by atoms with Gasteiger partial charge in [-0.25, -0.2) is 8.42 Å². The maximum absolute atomic E-state index is 12.4. The third-order valence-corrected chi connectivity index (χ3v) is 7.22. The van der Waals surface area contributed by atoms with Crippen LogP contribution in [-0.2, 0) is 14.8 Å². The molecule has 1 amide bonds. The van der Waals surface area contributed by atoms with Crippen LogP contribution < -0.4 is 0 Å². The van der Waals surface area contributed by atoms with E-state index in [1.165, 1.54) is 15.6 Å². The van der Waals surface area contributed by atoms with Crippen molar-refractivity contribution in [2.45, 2.75) is 24.1 Å². The molecule has 0 atom stereocenters. The Labute approximate surface area is 136 Å². The number of rotatable bonds is 5. The highest BCUT2D eigenvalue weighted by atomic mass is 32.2. The molecule has 0 bridgehead atoms. The first-order chi connectivity index (χ1) is 10.3. The average Bonchev–Trinajstić information content (AvgIpc) is 3.01. The first kappa shape index (κ1) is 17.4. The normalized spacial score (nSPS) is 17.8. The second-order valence-corrected chi connectivity index (χ2v) is 8.82. The standard InChI is InChI=1S/C14H23N3O3S2/c1-12(2)15(3)13(18)11-16-6-8-17(9-7-16)22(19,20)14-5-4-10-21-14/h4-5,10,12H,6-9,11H2,1-3H3. The zero-order chi connectivity index (χ0) is 16.3. The molecule has 1 aromatic heterocycles. The Morgan fingerprint density at radius 2 is 1.95 bits per heavy atom. The highest BCUT2D eigenvalue weighted by Gasteiger charge is 2.30. The predicted molar refractivity (Wildman–Crippen MR) is 87.4 cm³/mol. The van der Waals surface area contributed by atoms with Crippen molar-refractivity contribution >= 4 is 27.3 Å². The Hall–Kier alpha value is -0.960. The Morgan fingerprint density at radius 1 is 1.32 bits per heavy atom. The highest BCUT2D eigenvalue weighted by molar-refractivity contribution is 7.91. The Balaban J connectivity index is 1.90. The van der Waals surface area contributed by atoms with E-state index in [9.17, 15) is 13.2 Å². The number of hydrogen-bond donors (Lipinski definition) is 0. The van der Waals surface area contributed by atoms with E-state index < -0.39 is 10.0 Å². The van der Waals surface area contributed by atoms with Crippen molar-refractivity contribution in [3.63, 3.8) is 0 Å². The Morgan fingerprint density at radius 3 is 2.45 bits per heavy atom. The highest BCUT2D eigenvalue weighted by Crippen LogP contribution is 2.21. The van der Waals surface area contributed by atoms with E-state index in [4.69, 9.17) is 0 Å². The van der Waals surface area contributed by atoms with Gasteiger partial charge in [0.2, 0.25) is 5.91 Å². The van der Waals surface area contributed by atoms with Gasteiger partial charge in [0.25, 0.3) is 10.0 Å². The monoisotopic (exact) mass is 345 g/mol. The van der Waals surface area contributed by atoms with Gasteiger partial charge in [-0.1, -0.05) is 6.07 Å². The number of sulfonamides is 1. The van der Waals surface area contributed by atoms with Gasteiger partial charge in [-0.15, -0.1) is 11.3 Å². The fraction of sp³-hybridized carbons (Fsp3) is 0.643.